The summed E-state index contributed by atoms with van der Waals surface area (Å²) in [5.41, 5.74) is -6.97. The molecule has 6 rings (SSSR count). The van der Waals surface area contributed by atoms with Crippen LogP contribution in [0.25, 0.3) is 0 Å². The smallest absolute Gasteiger partial charge is 0.352 e. The minimum atomic E-state index is -2.50. The molecule has 1 aromatic heterocycles. The van der Waals surface area contributed by atoms with Gasteiger partial charge in [-0.1, -0.05) is 40.7 Å². The molecule has 51 heavy (non-hydrogen) atoms. The van der Waals surface area contributed by atoms with Gasteiger partial charge in [0.25, 0.3) is 0 Å². The topological polar surface area (TPSA) is 185 Å². The Hall–Kier alpha value is -3.97. The number of methoxy groups -OCH3 is 1. The van der Waals surface area contributed by atoms with Crippen LogP contribution in [0.1, 0.15) is 92.7 Å². The van der Waals surface area contributed by atoms with Gasteiger partial charge in [-0.2, -0.15) is 0 Å². The molecule has 5 aliphatic rings. The number of carbonyl (C=O) groups excluding carboxylic acids is 5. The average molecular weight is 713 g/mol. The molecular weight excluding hydrogens is 664 g/mol. The first kappa shape index (κ1) is 36.8. The van der Waals surface area contributed by atoms with Crippen LogP contribution in [0.5, 0.6) is 0 Å². The zero-order valence-electron chi connectivity index (χ0n) is 30.6. The second-order valence-corrected chi connectivity index (χ2v) is 16.0. The molecule has 0 spiro atoms. The van der Waals surface area contributed by atoms with Crippen LogP contribution < -0.4 is 0 Å². The van der Waals surface area contributed by atoms with Crippen molar-refractivity contribution in [3.05, 3.63) is 47.0 Å². The lowest BCUT2D eigenvalue weighted by Gasteiger charge is -2.68. The average Bonchev–Trinajstić information content (AvgIpc) is 3.71. The number of carbonyl (C=O) groups is 5. The van der Waals surface area contributed by atoms with Gasteiger partial charge in [-0.05, 0) is 62.2 Å². The number of ether oxygens (including phenoxy) is 5. The lowest BCUT2D eigenvalue weighted by atomic mass is 9.40. The van der Waals surface area contributed by atoms with E-state index in [9.17, 15) is 34.2 Å². The Morgan fingerprint density at radius 1 is 1.08 bits per heavy atom. The first-order valence-electron chi connectivity index (χ1n) is 17.5. The number of esters is 5. The van der Waals surface area contributed by atoms with Crippen LogP contribution in [-0.4, -0.2) is 76.7 Å². The highest BCUT2D eigenvalue weighted by molar-refractivity contribution is 5.88. The third-order valence-electron chi connectivity index (χ3n) is 13.1. The summed E-state index contributed by atoms with van der Waals surface area (Å²) in [4.78, 5) is 67.1. The molecular formula is C38H48O13. The third kappa shape index (κ3) is 4.75. The summed E-state index contributed by atoms with van der Waals surface area (Å²) in [5, 5.41) is 26.7. The summed E-state index contributed by atoms with van der Waals surface area (Å²) in [7, 11) is 1.26. The number of rotatable bonds is 8. The first-order chi connectivity index (χ1) is 23.8. The van der Waals surface area contributed by atoms with Gasteiger partial charge in [-0.15, -0.1) is 0 Å². The monoisotopic (exact) mass is 712 g/mol. The summed E-state index contributed by atoms with van der Waals surface area (Å²) < 4.78 is 34.7. The number of aliphatic hydroxyl groups is 2. The van der Waals surface area contributed by atoms with E-state index in [-0.39, 0.29) is 29.6 Å². The molecule has 1 saturated heterocycles. The molecule has 0 radical (unpaired) electrons. The molecule has 1 aromatic rings. The van der Waals surface area contributed by atoms with Crippen molar-refractivity contribution in [1.82, 2.24) is 0 Å². The van der Waals surface area contributed by atoms with Crippen molar-refractivity contribution in [3.8, 4) is 0 Å². The fourth-order valence-corrected chi connectivity index (χ4v) is 10.7. The minimum Gasteiger partial charge on any atom is -0.472 e. The predicted molar refractivity (Wildman–Crippen MR) is 176 cm³/mol. The van der Waals surface area contributed by atoms with E-state index >= 15 is 0 Å². The first-order valence-corrected chi connectivity index (χ1v) is 17.5. The quantitative estimate of drug-likeness (QED) is 0.170. The number of fused-ring (bicyclic) bond motifs is 4. The molecule has 2 N–H and O–H groups in total. The second-order valence-electron chi connectivity index (χ2n) is 16.0. The van der Waals surface area contributed by atoms with Crippen LogP contribution in [0, 0.1) is 34.0 Å². The second kappa shape index (κ2) is 12.0. The molecule has 11 unspecified atom stereocenters. The summed E-state index contributed by atoms with van der Waals surface area (Å²) in [6.45, 7) is 13.0. The largest absolute Gasteiger partial charge is 0.472 e. The van der Waals surface area contributed by atoms with E-state index in [2.05, 4.69) is 0 Å². The van der Waals surface area contributed by atoms with Crippen molar-refractivity contribution >= 4 is 29.8 Å². The van der Waals surface area contributed by atoms with E-state index in [1.54, 1.807) is 53.7 Å². The molecule has 11 atom stereocenters. The van der Waals surface area contributed by atoms with Crippen molar-refractivity contribution in [2.75, 3.05) is 7.11 Å². The van der Waals surface area contributed by atoms with E-state index in [1.165, 1.54) is 19.6 Å². The molecule has 4 aliphatic carbocycles. The van der Waals surface area contributed by atoms with Gasteiger partial charge in [0.05, 0.1) is 25.6 Å². The van der Waals surface area contributed by atoms with Crippen LogP contribution in [0.15, 0.2) is 45.8 Å². The molecule has 1 aliphatic heterocycles. The highest BCUT2D eigenvalue weighted by Crippen LogP contribution is 2.81. The van der Waals surface area contributed by atoms with Crippen LogP contribution in [0.2, 0.25) is 0 Å². The summed E-state index contributed by atoms with van der Waals surface area (Å²) in [5.74, 6) is -5.89. The van der Waals surface area contributed by atoms with Crippen molar-refractivity contribution in [1.29, 1.82) is 0 Å². The summed E-state index contributed by atoms with van der Waals surface area (Å²) in [6.07, 6.45) is -0.930. The fourth-order valence-electron chi connectivity index (χ4n) is 10.7. The van der Waals surface area contributed by atoms with Crippen molar-refractivity contribution < 1.29 is 62.3 Å². The van der Waals surface area contributed by atoms with E-state index < -0.39 is 99.5 Å². The Bertz CT molecular complexity index is 1720. The molecule has 0 aromatic carbocycles. The Kier molecular flexibility index (Phi) is 8.69. The minimum absolute atomic E-state index is 0.110. The fraction of sp³-hybridized carbons (Fsp3) is 0.658. The Morgan fingerprint density at radius 2 is 1.76 bits per heavy atom. The summed E-state index contributed by atoms with van der Waals surface area (Å²) >= 11 is 0. The Labute approximate surface area is 296 Å². The molecule has 13 heteroatoms. The van der Waals surface area contributed by atoms with Gasteiger partial charge in [0.2, 0.25) is 6.10 Å². The standard InChI is InChI=1S/C38H48O13/c1-10-19(4)31(42)51-33-35(7)17-37(44)36(8,23(35)15-24(40)46-9)22-11-13-34(6)26(25(22)29(38(33,37)45)50-30(41)18(2)3)27(48-20(5)39)32(43)49-28(34)21-12-14-47-16-21/h10,12,14,16,18,22-23,27-29,33,44-45H,11,13,15,17H2,1-9H3. The number of hydrogen-bond acceptors (Lipinski definition) is 13. The maximum atomic E-state index is 14.0. The molecule has 278 valence electrons. The van der Waals surface area contributed by atoms with Crippen LogP contribution in [0.3, 0.4) is 0 Å². The van der Waals surface area contributed by atoms with Crippen molar-refractivity contribution in [2.45, 2.75) is 117 Å². The normalized spacial score (nSPS) is 41.0. The Morgan fingerprint density at radius 3 is 2.33 bits per heavy atom. The number of furan rings is 1. The van der Waals surface area contributed by atoms with E-state index in [0.29, 0.717) is 18.4 Å². The lowest BCUT2D eigenvalue weighted by molar-refractivity contribution is -0.316. The predicted octanol–water partition coefficient (Wildman–Crippen LogP) is 4.05. The zero-order valence-corrected chi connectivity index (χ0v) is 30.6. The molecule has 3 saturated carbocycles. The van der Waals surface area contributed by atoms with E-state index in [1.807, 2.05) is 6.92 Å². The van der Waals surface area contributed by atoms with Gasteiger partial charge in [0, 0.05) is 40.7 Å². The van der Waals surface area contributed by atoms with Crippen LogP contribution in [-0.2, 0) is 47.7 Å². The van der Waals surface area contributed by atoms with Gasteiger partial charge < -0.3 is 38.3 Å². The third-order valence-corrected chi connectivity index (χ3v) is 13.1. The van der Waals surface area contributed by atoms with E-state index in [4.69, 9.17) is 28.1 Å². The van der Waals surface area contributed by atoms with Gasteiger partial charge in [0.15, 0.2) is 11.7 Å². The number of allylic oxidation sites excluding steroid dienone is 1. The van der Waals surface area contributed by atoms with E-state index in [0.717, 1.165) is 6.92 Å². The van der Waals surface area contributed by atoms with Crippen molar-refractivity contribution in [2.24, 2.45) is 34.0 Å². The molecule has 0 amide bonds. The maximum absolute atomic E-state index is 14.0. The van der Waals surface area contributed by atoms with Gasteiger partial charge in [-0.3, -0.25) is 14.4 Å². The highest BCUT2D eigenvalue weighted by atomic mass is 16.6. The molecule has 13 nitrogen and oxygen atoms in total. The highest BCUT2D eigenvalue weighted by Gasteiger charge is 2.90. The van der Waals surface area contributed by atoms with Crippen LogP contribution in [0.4, 0.5) is 0 Å². The molecule has 2 heterocycles. The van der Waals surface area contributed by atoms with Crippen molar-refractivity contribution in [3.63, 3.8) is 0 Å². The Balaban J connectivity index is 1.72. The number of hydrogen-bond donors (Lipinski definition) is 2. The summed E-state index contributed by atoms with van der Waals surface area (Å²) in [6, 6.07) is 1.66. The molecule has 2 bridgehead atoms. The van der Waals surface area contributed by atoms with Gasteiger partial charge >= 0.3 is 29.8 Å². The van der Waals surface area contributed by atoms with Gasteiger partial charge in [0.1, 0.15) is 17.8 Å². The molecule has 4 fully saturated rings. The maximum Gasteiger partial charge on any atom is 0.352 e. The number of cyclic esters (lactones) is 1. The SMILES string of the molecule is CC=C(C)C(=O)OC1C2(C)CC3(O)C(C)(C4CCC5(C)C(=C4C(OC(=O)C(C)C)C13O)C(OC(C)=O)C(=O)OC5c1ccoc1)C2CC(=O)OC. The van der Waals surface area contributed by atoms with Crippen LogP contribution >= 0.6 is 0 Å². The van der Waals surface area contributed by atoms with Gasteiger partial charge in [-0.25, -0.2) is 9.59 Å². The lowest BCUT2D eigenvalue weighted by Crippen LogP contribution is -2.80. The zero-order chi connectivity index (χ0) is 37.6.